The first-order valence-electron chi connectivity index (χ1n) is 8.33. The van der Waals surface area contributed by atoms with Crippen molar-refractivity contribution in [3.63, 3.8) is 0 Å². The van der Waals surface area contributed by atoms with Crippen LogP contribution in [0.25, 0.3) is 0 Å². The van der Waals surface area contributed by atoms with E-state index in [4.69, 9.17) is 27.9 Å². The summed E-state index contributed by atoms with van der Waals surface area (Å²) in [6, 6.07) is 14.0. The van der Waals surface area contributed by atoms with Crippen LogP contribution in [0, 0.1) is 0 Å². The molecule has 0 saturated heterocycles. The Morgan fingerprint density at radius 1 is 1.17 bits per heavy atom. The number of halogens is 2. The molecule has 0 aliphatic carbocycles. The molecule has 2 nitrogen and oxygen atoms in total. The zero-order chi connectivity index (χ0) is 17.3. The summed E-state index contributed by atoms with van der Waals surface area (Å²) in [5.41, 5.74) is 2.83. The molecule has 0 spiro atoms. The van der Waals surface area contributed by atoms with Gasteiger partial charge in [0.25, 0.3) is 0 Å². The van der Waals surface area contributed by atoms with Crippen LogP contribution in [0.4, 0.5) is 5.69 Å². The van der Waals surface area contributed by atoms with Crippen LogP contribution in [-0.2, 0) is 0 Å². The van der Waals surface area contributed by atoms with E-state index < -0.39 is 0 Å². The zero-order valence-corrected chi connectivity index (χ0v) is 15.9. The second kappa shape index (κ2) is 6.85. The minimum Gasteiger partial charge on any atom is -0.490 e. The molecule has 0 N–H and O–H groups in total. The Morgan fingerprint density at radius 3 is 2.67 bits per heavy atom. The van der Waals surface area contributed by atoms with Crippen LogP contribution in [0.1, 0.15) is 38.7 Å². The molecule has 2 aromatic rings. The molecule has 0 radical (unpaired) electrons. The topological polar surface area (TPSA) is 12.5 Å². The second-order valence-electron chi connectivity index (χ2n) is 7.05. The van der Waals surface area contributed by atoms with Crippen LogP contribution in [0.3, 0.4) is 0 Å². The highest BCUT2D eigenvalue weighted by Crippen LogP contribution is 2.42. The zero-order valence-electron chi connectivity index (χ0n) is 14.4. The standard InChI is InChI=1S/C20H23Cl2NO/c1-14-13-20(2,3)23(18-7-5-4-6-16(14)18)10-11-24-19-9-8-15(21)12-17(19)22/h4-9,12,14H,10-11,13H2,1-3H3. The summed E-state index contributed by atoms with van der Waals surface area (Å²) in [6.07, 6.45) is 1.13. The summed E-state index contributed by atoms with van der Waals surface area (Å²) in [5, 5.41) is 1.17. The van der Waals surface area contributed by atoms with Crippen LogP contribution in [-0.4, -0.2) is 18.7 Å². The van der Waals surface area contributed by atoms with Crippen molar-refractivity contribution < 1.29 is 4.74 Å². The molecule has 1 atom stereocenters. The normalized spacial score (nSPS) is 19.0. The maximum Gasteiger partial charge on any atom is 0.138 e. The molecule has 1 heterocycles. The molecule has 0 saturated carbocycles. The summed E-state index contributed by atoms with van der Waals surface area (Å²) in [7, 11) is 0. The quantitative estimate of drug-likeness (QED) is 0.644. The SMILES string of the molecule is CC1CC(C)(C)N(CCOc2ccc(Cl)cc2Cl)c2ccccc21. The third-order valence-corrected chi connectivity index (χ3v) is 5.29. The largest absolute Gasteiger partial charge is 0.490 e. The van der Waals surface area contributed by atoms with Gasteiger partial charge >= 0.3 is 0 Å². The number of benzene rings is 2. The van der Waals surface area contributed by atoms with Gasteiger partial charge in [0.15, 0.2) is 0 Å². The lowest BCUT2D eigenvalue weighted by Crippen LogP contribution is -2.50. The molecule has 0 fully saturated rings. The van der Waals surface area contributed by atoms with Crippen LogP contribution in [0.2, 0.25) is 10.0 Å². The van der Waals surface area contributed by atoms with E-state index in [0.717, 1.165) is 13.0 Å². The molecule has 1 aliphatic rings. The molecule has 1 unspecified atom stereocenters. The monoisotopic (exact) mass is 363 g/mol. The van der Waals surface area contributed by atoms with Crippen LogP contribution in [0.5, 0.6) is 5.75 Å². The minimum atomic E-state index is 0.0981. The van der Waals surface area contributed by atoms with Crippen LogP contribution in [0.15, 0.2) is 42.5 Å². The molecule has 0 aromatic heterocycles. The number of anilines is 1. The van der Waals surface area contributed by atoms with Crippen molar-refractivity contribution in [2.75, 3.05) is 18.1 Å². The summed E-state index contributed by atoms with van der Waals surface area (Å²) < 4.78 is 5.90. The van der Waals surface area contributed by atoms with Crippen molar-refractivity contribution in [1.82, 2.24) is 0 Å². The van der Waals surface area contributed by atoms with E-state index in [2.05, 4.69) is 49.9 Å². The van der Waals surface area contributed by atoms with Gasteiger partial charge in [-0.3, -0.25) is 0 Å². The third kappa shape index (κ3) is 3.50. The minimum absolute atomic E-state index is 0.0981. The van der Waals surface area contributed by atoms with Gasteiger partial charge in [0, 0.05) is 16.2 Å². The predicted octanol–water partition coefficient (Wildman–Crippen LogP) is 6.16. The predicted molar refractivity (Wildman–Crippen MR) is 103 cm³/mol. The summed E-state index contributed by atoms with van der Waals surface area (Å²) in [5.74, 6) is 1.25. The van der Waals surface area contributed by atoms with E-state index in [1.165, 1.54) is 11.3 Å². The van der Waals surface area contributed by atoms with Gasteiger partial charge in [0.2, 0.25) is 0 Å². The van der Waals surface area contributed by atoms with Crippen molar-refractivity contribution in [2.45, 2.75) is 38.6 Å². The molecule has 24 heavy (non-hydrogen) atoms. The molecule has 0 amide bonds. The number of nitrogens with zero attached hydrogens (tertiary/aromatic N) is 1. The first-order valence-corrected chi connectivity index (χ1v) is 9.08. The molecule has 1 aliphatic heterocycles. The number of fused-ring (bicyclic) bond motifs is 1. The molecule has 2 aromatic carbocycles. The lowest BCUT2D eigenvalue weighted by molar-refractivity contribution is 0.294. The highest BCUT2D eigenvalue weighted by molar-refractivity contribution is 6.35. The molecule has 128 valence electrons. The lowest BCUT2D eigenvalue weighted by atomic mass is 9.80. The fourth-order valence-corrected chi connectivity index (χ4v) is 4.17. The van der Waals surface area contributed by atoms with Crippen molar-refractivity contribution in [3.05, 3.63) is 58.1 Å². The van der Waals surface area contributed by atoms with E-state index in [9.17, 15) is 0 Å². The fraction of sp³-hybridized carbons (Fsp3) is 0.400. The average Bonchev–Trinajstić information content (AvgIpc) is 2.52. The Morgan fingerprint density at radius 2 is 1.92 bits per heavy atom. The van der Waals surface area contributed by atoms with E-state index in [-0.39, 0.29) is 5.54 Å². The van der Waals surface area contributed by atoms with Gasteiger partial charge in [0.05, 0.1) is 11.6 Å². The lowest BCUT2D eigenvalue weighted by Gasteiger charge is -2.47. The van der Waals surface area contributed by atoms with Crippen molar-refractivity contribution in [1.29, 1.82) is 0 Å². The number of ether oxygens (including phenoxy) is 1. The Balaban J connectivity index is 1.75. The van der Waals surface area contributed by atoms with Gasteiger partial charge in [-0.15, -0.1) is 0 Å². The number of para-hydroxylation sites is 1. The Bertz CT molecular complexity index is 729. The van der Waals surface area contributed by atoms with Gasteiger partial charge in [-0.2, -0.15) is 0 Å². The third-order valence-electron chi connectivity index (χ3n) is 4.76. The molecular formula is C20H23Cl2NO. The highest BCUT2D eigenvalue weighted by atomic mass is 35.5. The van der Waals surface area contributed by atoms with Gasteiger partial charge in [-0.05, 0) is 56.0 Å². The Labute approximate surface area is 154 Å². The van der Waals surface area contributed by atoms with Crippen LogP contribution >= 0.6 is 23.2 Å². The summed E-state index contributed by atoms with van der Waals surface area (Å²) >= 11 is 12.1. The van der Waals surface area contributed by atoms with Gasteiger partial charge in [0.1, 0.15) is 12.4 Å². The molecule has 4 heteroatoms. The Kier molecular flexibility index (Phi) is 4.98. The summed E-state index contributed by atoms with van der Waals surface area (Å²) in [6.45, 7) is 8.30. The number of hydrogen-bond acceptors (Lipinski definition) is 2. The van der Waals surface area contributed by atoms with E-state index >= 15 is 0 Å². The number of hydrogen-bond donors (Lipinski definition) is 0. The molecule has 3 rings (SSSR count). The van der Waals surface area contributed by atoms with Crippen molar-refractivity contribution >= 4 is 28.9 Å². The van der Waals surface area contributed by atoms with E-state index in [1.54, 1.807) is 12.1 Å². The maximum atomic E-state index is 6.18. The summed E-state index contributed by atoms with van der Waals surface area (Å²) in [4.78, 5) is 2.45. The average molecular weight is 364 g/mol. The smallest absolute Gasteiger partial charge is 0.138 e. The van der Waals surface area contributed by atoms with Gasteiger partial charge in [-0.1, -0.05) is 48.3 Å². The Hall–Kier alpha value is -1.38. The maximum absolute atomic E-state index is 6.18. The molecule has 0 bridgehead atoms. The fourth-order valence-electron chi connectivity index (χ4n) is 3.71. The molecular weight excluding hydrogens is 341 g/mol. The van der Waals surface area contributed by atoms with Crippen LogP contribution < -0.4 is 9.64 Å². The van der Waals surface area contributed by atoms with E-state index in [1.807, 2.05) is 6.07 Å². The van der Waals surface area contributed by atoms with Crippen molar-refractivity contribution in [2.24, 2.45) is 0 Å². The second-order valence-corrected chi connectivity index (χ2v) is 7.89. The number of rotatable bonds is 4. The van der Waals surface area contributed by atoms with Gasteiger partial charge < -0.3 is 9.64 Å². The van der Waals surface area contributed by atoms with Gasteiger partial charge in [-0.25, -0.2) is 0 Å². The van der Waals surface area contributed by atoms with E-state index in [0.29, 0.717) is 28.3 Å². The first kappa shape index (κ1) is 17.4. The highest BCUT2D eigenvalue weighted by Gasteiger charge is 2.35. The van der Waals surface area contributed by atoms with Crippen molar-refractivity contribution in [3.8, 4) is 5.75 Å². The first-order chi connectivity index (χ1) is 11.4.